The lowest BCUT2D eigenvalue weighted by molar-refractivity contribution is -0.143. The van der Waals surface area contributed by atoms with Crippen LogP contribution in [0.3, 0.4) is 0 Å². The van der Waals surface area contributed by atoms with E-state index >= 15 is 0 Å². The van der Waals surface area contributed by atoms with Gasteiger partial charge in [0.25, 0.3) is 5.91 Å². The molecule has 0 bridgehead atoms. The van der Waals surface area contributed by atoms with Gasteiger partial charge in [0, 0.05) is 48.1 Å². The van der Waals surface area contributed by atoms with Crippen molar-refractivity contribution in [2.24, 2.45) is 22.9 Å². The van der Waals surface area contributed by atoms with Gasteiger partial charge in [-0.25, -0.2) is 15.0 Å². The number of amides is 3. The molecule has 2 aliphatic carbocycles. The first-order chi connectivity index (χ1) is 31.3. The molecule has 2 saturated carbocycles. The number of ether oxygens (including phenoxy) is 5. The summed E-state index contributed by atoms with van der Waals surface area (Å²) in [6.07, 6.45) is 10.2. The van der Waals surface area contributed by atoms with Gasteiger partial charge >= 0.3 is 0 Å². The van der Waals surface area contributed by atoms with E-state index in [1.807, 2.05) is 48.5 Å². The van der Waals surface area contributed by atoms with Crippen molar-refractivity contribution in [3.8, 4) is 40.0 Å². The minimum absolute atomic E-state index is 0.0211. The molecule has 0 spiro atoms. The number of aromatic amines is 1. The van der Waals surface area contributed by atoms with Gasteiger partial charge in [-0.1, -0.05) is 42.6 Å². The lowest BCUT2D eigenvalue weighted by atomic mass is 9.73. The van der Waals surface area contributed by atoms with E-state index in [1.165, 1.54) is 6.33 Å². The molecule has 1 saturated heterocycles. The number of piperidine rings is 1. The van der Waals surface area contributed by atoms with Crippen molar-refractivity contribution in [2.45, 2.75) is 69.9 Å². The number of likely N-dealkylation sites (tertiary alicyclic amines) is 1. The Morgan fingerprint density at radius 2 is 1.70 bits per heavy atom. The number of benzene rings is 3. The zero-order valence-electron chi connectivity index (χ0n) is 35.8. The van der Waals surface area contributed by atoms with Gasteiger partial charge in [-0.2, -0.15) is 5.10 Å². The van der Waals surface area contributed by atoms with Gasteiger partial charge in [-0.15, -0.1) is 0 Å². The maximum Gasteiger partial charge on any atom is 0.255 e. The van der Waals surface area contributed by atoms with E-state index < -0.39 is 11.9 Å². The highest BCUT2D eigenvalue weighted by molar-refractivity contribution is 6.31. The molecule has 0 radical (unpaired) electrons. The summed E-state index contributed by atoms with van der Waals surface area (Å²) in [6.45, 7) is 1.38. The van der Waals surface area contributed by atoms with Crippen LogP contribution in [-0.4, -0.2) is 101 Å². The highest BCUT2D eigenvalue weighted by Gasteiger charge is 2.44. The van der Waals surface area contributed by atoms with Gasteiger partial charge in [0.1, 0.15) is 29.3 Å². The van der Waals surface area contributed by atoms with E-state index in [9.17, 15) is 14.4 Å². The fourth-order valence-corrected chi connectivity index (χ4v) is 9.87. The van der Waals surface area contributed by atoms with E-state index in [0.717, 1.165) is 55.4 Å². The van der Waals surface area contributed by atoms with Crippen LogP contribution in [0.5, 0.6) is 28.7 Å². The number of nitrogens with one attached hydrogen (secondary N) is 2. The highest BCUT2D eigenvalue weighted by atomic mass is 35.5. The number of H-pyrrole nitrogens is 1. The van der Waals surface area contributed by atoms with Crippen molar-refractivity contribution in [3.05, 3.63) is 88.8 Å². The molecule has 5 aromatic rings. The van der Waals surface area contributed by atoms with Gasteiger partial charge in [0.15, 0.2) is 23.0 Å². The van der Waals surface area contributed by atoms with Crippen molar-refractivity contribution >= 4 is 46.1 Å². The Bertz CT molecular complexity index is 2640. The Hall–Kier alpha value is -6.35. The number of rotatable bonds is 13. The van der Waals surface area contributed by atoms with Crippen LogP contribution >= 0.6 is 11.6 Å². The fraction of sp³-hybridized carbons (Fsp3) is 0.417. The zero-order valence-corrected chi connectivity index (χ0v) is 36.6. The van der Waals surface area contributed by atoms with Crippen LogP contribution in [0.2, 0.25) is 5.02 Å². The second-order valence-corrected chi connectivity index (χ2v) is 17.6. The van der Waals surface area contributed by atoms with Gasteiger partial charge < -0.3 is 38.9 Å². The molecule has 3 fully saturated rings. The Labute approximate surface area is 375 Å². The smallest absolute Gasteiger partial charge is 0.255 e. The molecule has 0 unspecified atom stereocenters. The van der Waals surface area contributed by atoms with Crippen molar-refractivity contribution in [1.82, 2.24) is 30.2 Å². The molecule has 3 aromatic carbocycles. The number of hydrogen-bond acceptors (Lipinski definition) is 11. The molecular weight excluding hydrogens is 838 g/mol. The molecule has 16 heteroatoms. The molecule has 15 nitrogen and oxygen atoms in total. The van der Waals surface area contributed by atoms with E-state index in [0.29, 0.717) is 94.5 Å². The lowest BCUT2D eigenvalue weighted by Crippen LogP contribution is -2.55. The number of nitrogens with zero attached hydrogens (tertiary/aromatic N) is 5. The quantitative estimate of drug-likeness (QED) is 0.123. The average molecular weight is 888 g/mol. The zero-order chi connectivity index (χ0) is 43.9. The standard InChI is InChI=1S/C48H50ClN7O8/c1-60-36-14-13-29(22-39(36)61-2)41-31-8-4-5-9-32(31)47(58)56(54-41)30-17-19-55(20-18-30)48(59)35(21-28-7-3-6-10-34(28)49)53-46(57)33-23-50-44-42(33)51-25-52-43(44)40-37(62-24-27-11-12-27)15-16-38-45(40)64-26-63-38/h3,6-7,10,13-16,22-23,25,27,30-32,35,50H,4-5,8-9,11-12,17-21,24,26H2,1-2H3,(H,53,57)/t31-,32+,35+/m0/s1. The van der Waals surface area contributed by atoms with Crippen LogP contribution in [0.15, 0.2) is 72.2 Å². The third-order valence-electron chi connectivity index (χ3n) is 13.3. The summed E-state index contributed by atoms with van der Waals surface area (Å²) in [6, 6.07) is 15.6. The van der Waals surface area contributed by atoms with Gasteiger partial charge in [0.2, 0.25) is 18.6 Å². The van der Waals surface area contributed by atoms with E-state index in [-0.39, 0.29) is 48.5 Å². The second kappa shape index (κ2) is 17.7. The number of halogens is 1. The van der Waals surface area contributed by atoms with Crippen LogP contribution in [0, 0.1) is 17.8 Å². The molecule has 2 aromatic heterocycles. The number of fused-ring (bicyclic) bond motifs is 3. The van der Waals surface area contributed by atoms with E-state index in [2.05, 4.69) is 20.3 Å². The maximum atomic E-state index is 14.6. The van der Waals surface area contributed by atoms with Gasteiger partial charge in [-0.3, -0.25) is 14.4 Å². The number of carbonyl (C=O) groups is 3. The van der Waals surface area contributed by atoms with Crippen LogP contribution < -0.4 is 29.0 Å². The third-order valence-corrected chi connectivity index (χ3v) is 13.6. The maximum absolute atomic E-state index is 14.6. The molecule has 3 aliphatic heterocycles. The van der Waals surface area contributed by atoms with Crippen molar-refractivity contribution in [2.75, 3.05) is 40.7 Å². The van der Waals surface area contributed by atoms with E-state index in [1.54, 1.807) is 36.4 Å². The molecule has 5 aliphatic rings. The Morgan fingerprint density at radius 3 is 2.48 bits per heavy atom. The third kappa shape index (κ3) is 7.94. The number of hydrazone groups is 1. The Kier molecular flexibility index (Phi) is 11.5. The molecule has 2 N–H and O–H groups in total. The molecule has 3 atom stereocenters. The molecule has 10 rings (SSSR count). The fourth-order valence-electron chi connectivity index (χ4n) is 9.66. The van der Waals surface area contributed by atoms with Crippen molar-refractivity contribution in [1.29, 1.82) is 0 Å². The number of hydrogen-bond donors (Lipinski definition) is 2. The first-order valence-electron chi connectivity index (χ1n) is 22.1. The SMILES string of the molecule is COc1ccc(C2=NN(C3CCN(C(=O)[C@@H](Cc4ccccc4Cl)NC(=O)c4c[nH]c5c(-c6c(OCC7CC7)ccc7c6OCO7)ncnc45)CC3)C(=O)[C@@H]3CCCC[C@H]23)cc1OC. The number of carbonyl (C=O) groups excluding carboxylic acids is 3. The predicted molar refractivity (Wildman–Crippen MR) is 238 cm³/mol. The van der Waals surface area contributed by atoms with Crippen molar-refractivity contribution in [3.63, 3.8) is 0 Å². The summed E-state index contributed by atoms with van der Waals surface area (Å²) in [5.41, 5.74) is 4.74. The molecule has 3 amide bonds. The minimum Gasteiger partial charge on any atom is -0.493 e. The summed E-state index contributed by atoms with van der Waals surface area (Å²) in [4.78, 5) is 57.3. The van der Waals surface area contributed by atoms with Crippen LogP contribution in [-0.2, 0) is 16.0 Å². The number of methoxy groups -OCH3 is 2. The average Bonchev–Trinajstić information content (AvgIpc) is 3.85. The number of aromatic nitrogens is 3. The van der Waals surface area contributed by atoms with Crippen LogP contribution in [0.1, 0.15) is 72.9 Å². The monoisotopic (exact) mass is 887 g/mol. The second-order valence-electron chi connectivity index (χ2n) is 17.2. The molecule has 5 heterocycles. The van der Waals surface area contributed by atoms with Gasteiger partial charge in [0.05, 0.1) is 49.2 Å². The first-order valence-corrected chi connectivity index (χ1v) is 22.5. The summed E-state index contributed by atoms with van der Waals surface area (Å²) in [7, 11) is 3.22. The topological polar surface area (TPSA) is 170 Å². The summed E-state index contributed by atoms with van der Waals surface area (Å²) >= 11 is 6.65. The lowest BCUT2D eigenvalue weighted by Gasteiger charge is -2.43. The summed E-state index contributed by atoms with van der Waals surface area (Å²) in [5, 5.41) is 10.3. The minimum atomic E-state index is -0.963. The molecule has 64 heavy (non-hydrogen) atoms. The first kappa shape index (κ1) is 41.6. The summed E-state index contributed by atoms with van der Waals surface area (Å²) in [5.74, 6) is 2.60. The molecule has 332 valence electrons. The predicted octanol–water partition coefficient (Wildman–Crippen LogP) is 7.20. The normalized spacial score (nSPS) is 20.1. The summed E-state index contributed by atoms with van der Waals surface area (Å²) < 4.78 is 29.0. The van der Waals surface area contributed by atoms with Crippen molar-refractivity contribution < 1.29 is 38.1 Å². The van der Waals surface area contributed by atoms with E-state index in [4.69, 9.17) is 40.4 Å². The van der Waals surface area contributed by atoms with Crippen LogP contribution in [0.4, 0.5) is 0 Å². The van der Waals surface area contributed by atoms with Crippen LogP contribution in [0.25, 0.3) is 22.3 Å². The Morgan fingerprint density at radius 1 is 0.922 bits per heavy atom. The Balaban J connectivity index is 0.897. The van der Waals surface area contributed by atoms with Gasteiger partial charge in [-0.05, 0) is 86.4 Å². The highest BCUT2D eigenvalue weighted by Crippen LogP contribution is 2.48. The largest absolute Gasteiger partial charge is 0.493 e. The molecular formula is C48H50ClN7O8.